The van der Waals surface area contributed by atoms with Crippen molar-refractivity contribution in [2.45, 2.75) is 5.03 Å². The molecule has 4 aromatic rings. The van der Waals surface area contributed by atoms with Crippen LogP contribution in [0.25, 0.3) is 5.82 Å². The Bertz CT molecular complexity index is 1180. The molecule has 3 heterocycles. The van der Waals surface area contributed by atoms with Crippen LogP contribution in [-0.4, -0.2) is 32.5 Å². The lowest BCUT2D eigenvalue weighted by atomic mass is 10.3. The van der Waals surface area contributed by atoms with Gasteiger partial charge >= 0.3 is 0 Å². The number of ether oxygens (including phenoxy) is 1. The summed E-state index contributed by atoms with van der Waals surface area (Å²) in [5.41, 5.74) is 0.397. The van der Waals surface area contributed by atoms with E-state index in [1.807, 2.05) is 29.1 Å². The lowest BCUT2D eigenvalue weighted by molar-refractivity contribution is 0.461. The predicted octanol–water partition coefficient (Wildman–Crippen LogP) is 2.59. The van der Waals surface area contributed by atoms with Gasteiger partial charge in [0.05, 0.1) is 6.33 Å². The van der Waals surface area contributed by atoms with E-state index < -0.39 is 10.0 Å². The van der Waals surface area contributed by atoms with Gasteiger partial charge in [0.25, 0.3) is 10.0 Å². The summed E-state index contributed by atoms with van der Waals surface area (Å²) in [7, 11) is -2.04. The fourth-order valence-corrected chi connectivity index (χ4v) is 3.50. The van der Waals surface area contributed by atoms with Crippen molar-refractivity contribution in [3.63, 3.8) is 0 Å². The topological polar surface area (TPSA) is 104 Å². The molecule has 10 heteroatoms. The zero-order chi connectivity index (χ0) is 19.6. The molecule has 0 aliphatic heterocycles. The zero-order valence-electron chi connectivity index (χ0n) is 14.8. The molecule has 0 spiro atoms. The Balaban J connectivity index is 1.47. The highest BCUT2D eigenvalue weighted by Crippen LogP contribution is 2.23. The van der Waals surface area contributed by atoms with Gasteiger partial charge < -0.3 is 13.9 Å². The third kappa shape index (κ3) is 3.86. The second-order valence-corrected chi connectivity index (χ2v) is 7.54. The van der Waals surface area contributed by atoms with Gasteiger partial charge in [-0.3, -0.25) is 4.72 Å². The van der Waals surface area contributed by atoms with E-state index in [9.17, 15) is 8.42 Å². The minimum Gasteiger partial charge on any atom is -0.439 e. The summed E-state index contributed by atoms with van der Waals surface area (Å²) in [6, 6.07) is 12.0. The highest BCUT2D eigenvalue weighted by atomic mass is 32.2. The molecule has 0 unspecified atom stereocenters. The summed E-state index contributed by atoms with van der Waals surface area (Å²) in [5, 5.41) is -0.0474. The monoisotopic (exact) mass is 396 g/mol. The van der Waals surface area contributed by atoms with Gasteiger partial charge in [-0.05, 0) is 36.4 Å². The standard InChI is InChI=1S/C18H16N6O3S/c1-23-11-18(21-13-23)28(25,26)22-14-4-6-15(7-5-14)27-17-10-16(19-12-20-17)24-8-2-3-9-24/h2-13,22H,1H3. The molecule has 142 valence electrons. The largest absolute Gasteiger partial charge is 0.439 e. The minimum atomic E-state index is -3.74. The Kier molecular flexibility index (Phi) is 4.53. The Morgan fingerprint density at radius 2 is 1.79 bits per heavy atom. The first-order valence-electron chi connectivity index (χ1n) is 8.24. The number of rotatable bonds is 6. The summed E-state index contributed by atoms with van der Waals surface area (Å²) in [6.07, 6.45) is 8.01. The summed E-state index contributed by atoms with van der Waals surface area (Å²) < 4.78 is 36.2. The van der Waals surface area contributed by atoms with Gasteiger partial charge in [0.15, 0.2) is 5.03 Å². The molecule has 0 amide bonds. The van der Waals surface area contributed by atoms with Crippen LogP contribution in [0.4, 0.5) is 5.69 Å². The number of sulfonamides is 1. The Hall–Kier alpha value is -3.66. The van der Waals surface area contributed by atoms with E-state index in [1.54, 1.807) is 41.9 Å². The van der Waals surface area contributed by atoms with E-state index in [2.05, 4.69) is 19.7 Å². The molecule has 1 aromatic carbocycles. The van der Waals surface area contributed by atoms with Crippen LogP contribution in [0.2, 0.25) is 0 Å². The summed E-state index contributed by atoms with van der Waals surface area (Å²) in [5.74, 6) is 1.56. The minimum absolute atomic E-state index is 0.0474. The zero-order valence-corrected chi connectivity index (χ0v) is 15.6. The normalized spacial score (nSPS) is 11.3. The Labute approximate surface area is 161 Å². The van der Waals surface area contributed by atoms with Crippen LogP contribution in [0, 0.1) is 0 Å². The molecule has 3 aromatic heterocycles. The van der Waals surface area contributed by atoms with Gasteiger partial charge in [0.2, 0.25) is 5.88 Å². The van der Waals surface area contributed by atoms with Crippen molar-refractivity contribution < 1.29 is 13.2 Å². The van der Waals surface area contributed by atoms with Gasteiger partial charge in [-0.15, -0.1) is 0 Å². The molecule has 0 bridgehead atoms. The van der Waals surface area contributed by atoms with Crippen LogP contribution in [0.1, 0.15) is 0 Å². The maximum Gasteiger partial charge on any atom is 0.280 e. The number of nitrogens with zero attached hydrogens (tertiary/aromatic N) is 5. The van der Waals surface area contributed by atoms with Gasteiger partial charge in [-0.1, -0.05) is 0 Å². The van der Waals surface area contributed by atoms with Gasteiger partial charge in [-0.25, -0.2) is 15.0 Å². The van der Waals surface area contributed by atoms with E-state index in [-0.39, 0.29) is 5.03 Å². The number of benzene rings is 1. The van der Waals surface area contributed by atoms with Crippen LogP contribution in [0.5, 0.6) is 11.6 Å². The number of nitrogens with one attached hydrogen (secondary N) is 1. The fourth-order valence-electron chi connectivity index (χ4n) is 2.46. The number of imidazole rings is 1. The molecule has 0 aliphatic rings. The van der Waals surface area contributed by atoms with E-state index in [4.69, 9.17) is 4.74 Å². The quantitative estimate of drug-likeness (QED) is 0.537. The Morgan fingerprint density at radius 1 is 1.04 bits per heavy atom. The molecule has 0 saturated heterocycles. The highest BCUT2D eigenvalue weighted by Gasteiger charge is 2.17. The number of hydrogen-bond acceptors (Lipinski definition) is 6. The maximum absolute atomic E-state index is 12.3. The number of anilines is 1. The van der Waals surface area contributed by atoms with Gasteiger partial charge in [0, 0.05) is 37.4 Å². The Morgan fingerprint density at radius 3 is 2.46 bits per heavy atom. The number of aryl methyl sites for hydroxylation is 1. The average Bonchev–Trinajstić information content (AvgIpc) is 3.35. The van der Waals surface area contributed by atoms with E-state index in [0.717, 1.165) is 0 Å². The second-order valence-electron chi connectivity index (χ2n) is 5.91. The molecule has 1 N–H and O–H groups in total. The van der Waals surface area contributed by atoms with Crippen molar-refractivity contribution in [3.05, 3.63) is 73.7 Å². The molecular formula is C18H16N6O3S. The van der Waals surface area contributed by atoms with Crippen LogP contribution in [0.15, 0.2) is 78.7 Å². The number of hydrogen-bond donors (Lipinski definition) is 1. The first-order chi connectivity index (χ1) is 13.5. The molecule has 0 radical (unpaired) electrons. The van der Waals surface area contributed by atoms with Crippen LogP contribution >= 0.6 is 0 Å². The first kappa shape index (κ1) is 17.7. The van der Waals surface area contributed by atoms with Crippen molar-refractivity contribution >= 4 is 15.7 Å². The van der Waals surface area contributed by atoms with Gasteiger partial charge in [0.1, 0.15) is 17.9 Å². The fraction of sp³-hybridized carbons (Fsp3) is 0.0556. The second kappa shape index (κ2) is 7.16. The molecular weight excluding hydrogens is 380 g/mol. The summed E-state index contributed by atoms with van der Waals surface area (Å²) >= 11 is 0. The van der Waals surface area contributed by atoms with Gasteiger partial charge in [-0.2, -0.15) is 8.42 Å². The predicted molar refractivity (Wildman–Crippen MR) is 102 cm³/mol. The van der Waals surface area contributed by atoms with Crippen molar-refractivity contribution in [2.24, 2.45) is 7.05 Å². The summed E-state index contributed by atoms with van der Waals surface area (Å²) in [4.78, 5) is 12.2. The smallest absolute Gasteiger partial charge is 0.280 e. The molecule has 0 atom stereocenters. The maximum atomic E-state index is 12.3. The van der Waals surface area contributed by atoms with E-state index in [1.165, 1.54) is 18.9 Å². The first-order valence-corrected chi connectivity index (χ1v) is 9.72. The lowest BCUT2D eigenvalue weighted by Gasteiger charge is -2.09. The molecule has 0 saturated carbocycles. The van der Waals surface area contributed by atoms with Crippen LogP contribution in [-0.2, 0) is 17.1 Å². The molecule has 4 rings (SSSR count). The third-order valence-electron chi connectivity index (χ3n) is 3.78. The summed E-state index contributed by atoms with van der Waals surface area (Å²) in [6.45, 7) is 0. The average molecular weight is 396 g/mol. The highest BCUT2D eigenvalue weighted by molar-refractivity contribution is 7.92. The van der Waals surface area contributed by atoms with Crippen LogP contribution < -0.4 is 9.46 Å². The van der Waals surface area contributed by atoms with Crippen LogP contribution in [0.3, 0.4) is 0 Å². The molecule has 0 aliphatic carbocycles. The van der Waals surface area contributed by atoms with Crippen molar-refractivity contribution in [2.75, 3.05) is 4.72 Å². The third-order valence-corrected chi connectivity index (χ3v) is 5.05. The number of aromatic nitrogens is 5. The van der Waals surface area contributed by atoms with Crippen molar-refractivity contribution in [3.8, 4) is 17.4 Å². The molecule has 28 heavy (non-hydrogen) atoms. The SMILES string of the molecule is Cn1cnc(S(=O)(=O)Nc2ccc(Oc3cc(-n4cccc4)ncn3)cc2)c1. The van der Waals surface area contributed by atoms with Crippen molar-refractivity contribution in [1.29, 1.82) is 0 Å². The molecule has 9 nitrogen and oxygen atoms in total. The van der Waals surface area contributed by atoms with E-state index >= 15 is 0 Å². The van der Waals surface area contributed by atoms with Crippen molar-refractivity contribution in [1.82, 2.24) is 24.1 Å². The molecule has 0 fully saturated rings. The van der Waals surface area contributed by atoms with E-state index in [0.29, 0.717) is 23.1 Å². The lowest BCUT2D eigenvalue weighted by Crippen LogP contribution is -2.13.